The summed E-state index contributed by atoms with van der Waals surface area (Å²) in [5, 5.41) is 0.375. The van der Waals surface area contributed by atoms with Crippen molar-refractivity contribution in [2.24, 2.45) is 5.92 Å². The second kappa shape index (κ2) is 8.56. The first-order chi connectivity index (χ1) is 10.1. The van der Waals surface area contributed by atoms with Crippen LogP contribution in [0.4, 0.5) is 0 Å². The van der Waals surface area contributed by atoms with Crippen molar-refractivity contribution in [2.75, 3.05) is 6.61 Å². The minimum absolute atomic E-state index is 0.168. The normalized spacial score (nSPS) is 28.0. The standard InChI is InChI=1S/C16H23IO3S/c1-11(18)20-10-14-15(17)16(19)12-8-6-4-2-3-5-7-9-13(12)21-14/h12-13H,2-10H2,1H3. The molecule has 2 unspecified atom stereocenters. The first-order valence-corrected chi connectivity index (χ1v) is 9.78. The van der Waals surface area contributed by atoms with Crippen molar-refractivity contribution in [2.45, 2.75) is 63.5 Å². The van der Waals surface area contributed by atoms with E-state index in [-0.39, 0.29) is 24.3 Å². The third-order valence-corrected chi connectivity index (χ3v) is 7.22. The first-order valence-electron chi connectivity index (χ1n) is 7.82. The monoisotopic (exact) mass is 422 g/mol. The van der Waals surface area contributed by atoms with Gasteiger partial charge in [0.15, 0.2) is 5.78 Å². The minimum atomic E-state index is -0.284. The predicted octanol–water partition coefficient (Wildman–Crippen LogP) is 4.63. The number of fused-ring (bicyclic) bond motifs is 1. The SMILES string of the molecule is CC(=O)OCC1=C(I)C(=O)C2CCCCCCCCC2S1. The maximum atomic E-state index is 12.7. The Labute approximate surface area is 144 Å². The molecule has 0 aromatic rings. The number of ketones is 1. The molecule has 3 nitrogen and oxygen atoms in total. The van der Waals surface area contributed by atoms with Crippen LogP contribution in [-0.2, 0) is 14.3 Å². The molecular weight excluding hydrogens is 399 g/mol. The van der Waals surface area contributed by atoms with Crippen molar-refractivity contribution >= 4 is 46.1 Å². The summed E-state index contributed by atoms with van der Waals surface area (Å²) in [6.45, 7) is 1.67. The van der Waals surface area contributed by atoms with Gasteiger partial charge < -0.3 is 4.74 Å². The average molecular weight is 422 g/mol. The van der Waals surface area contributed by atoms with Gasteiger partial charge >= 0.3 is 5.97 Å². The Morgan fingerprint density at radius 1 is 1.19 bits per heavy atom. The zero-order valence-electron chi connectivity index (χ0n) is 12.5. The number of carbonyl (C=O) groups is 2. The van der Waals surface area contributed by atoms with Crippen LogP contribution >= 0.6 is 34.4 Å². The van der Waals surface area contributed by atoms with E-state index < -0.39 is 0 Å². The highest BCUT2D eigenvalue weighted by atomic mass is 127. The van der Waals surface area contributed by atoms with Gasteiger partial charge in [-0.15, -0.1) is 11.8 Å². The number of allylic oxidation sites excluding steroid dienone is 1. The molecule has 21 heavy (non-hydrogen) atoms. The van der Waals surface area contributed by atoms with E-state index in [1.807, 2.05) is 0 Å². The summed E-state index contributed by atoms with van der Waals surface area (Å²) in [5.74, 6) is 0.163. The molecule has 0 aromatic heterocycles. The minimum Gasteiger partial charge on any atom is -0.460 e. The van der Waals surface area contributed by atoms with Gasteiger partial charge in [0.1, 0.15) is 6.61 Å². The second-order valence-corrected chi connectivity index (χ2v) is 8.26. The summed E-state index contributed by atoms with van der Waals surface area (Å²) in [5.41, 5.74) is 0. The zero-order chi connectivity index (χ0) is 15.2. The van der Waals surface area contributed by atoms with E-state index in [0.717, 1.165) is 27.7 Å². The molecule has 2 aliphatic rings. The molecule has 1 fully saturated rings. The lowest BCUT2D eigenvalue weighted by atomic mass is 9.88. The van der Waals surface area contributed by atoms with Crippen LogP contribution in [0.5, 0.6) is 0 Å². The molecule has 0 aromatic carbocycles. The Kier molecular flexibility index (Phi) is 7.05. The van der Waals surface area contributed by atoms with E-state index in [1.165, 1.54) is 39.0 Å². The molecule has 5 heteroatoms. The van der Waals surface area contributed by atoms with E-state index in [2.05, 4.69) is 22.6 Å². The number of carbonyl (C=O) groups excluding carboxylic acids is 2. The molecule has 2 rings (SSSR count). The topological polar surface area (TPSA) is 43.4 Å². The zero-order valence-corrected chi connectivity index (χ0v) is 15.5. The van der Waals surface area contributed by atoms with Gasteiger partial charge in [0.25, 0.3) is 0 Å². The van der Waals surface area contributed by atoms with Gasteiger partial charge in [-0.05, 0) is 35.4 Å². The molecule has 0 N–H and O–H groups in total. The Hall–Kier alpha value is -0.0400. The predicted molar refractivity (Wildman–Crippen MR) is 94.5 cm³/mol. The van der Waals surface area contributed by atoms with E-state index in [1.54, 1.807) is 11.8 Å². The fraction of sp³-hybridized carbons (Fsp3) is 0.750. The third-order valence-electron chi connectivity index (χ3n) is 4.20. The van der Waals surface area contributed by atoms with Crippen LogP contribution in [-0.4, -0.2) is 23.6 Å². The number of esters is 1. The number of hydrogen-bond acceptors (Lipinski definition) is 4. The number of hydrogen-bond donors (Lipinski definition) is 0. The van der Waals surface area contributed by atoms with Gasteiger partial charge in [0.05, 0.1) is 3.58 Å². The molecule has 118 valence electrons. The number of ether oxygens (including phenoxy) is 1. The van der Waals surface area contributed by atoms with Crippen molar-refractivity contribution in [3.05, 3.63) is 8.48 Å². The van der Waals surface area contributed by atoms with Crippen molar-refractivity contribution in [3.8, 4) is 0 Å². The van der Waals surface area contributed by atoms with E-state index in [0.29, 0.717) is 5.25 Å². The summed E-state index contributed by atoms with van der Waals surface area (Å²) in [6, 6.07) is 0. The van der Waals surface area contributed by atoms with Gasteiger partial charge in [-0.1, -0.05) is 38.5 Å². The Morgan fingerprint density at radius 2 is 1.81 bits per heavy atom. The van der Waals surface area contributed by atoms with Crippen LogP contribution in [0.25, 0.3) is 0 Å². The summed E-state index contributed by atoms with van der Waals surface area (Å²) < 4.78 is 5.89. The van der Waals surface area contributed by atoms with Gasteiger partial charge in [-0.3, -0.25) is 9.59 Å². The van der Waals surface area contributed by atoms with E-state index >= 15 is 0 Å². The van der Waals surface area contributed by atoms with Crippen LogP contribution in [0.1, 0.15) is 58.3 Å². The molecule has 1 aliphatic heterocycles. The van der Waals surface area contributed by atoms with Crippen molar-refractivity contribution in [3.63, 3.8) is 0 Å². The van der Waals surface area contributed by atoms with Gasteiger partial charge in [0, 0.05) is 23.0 Å². The Morgan fingerprint density at radius 3 is 2.48 bits per heavy atom. The van der Waals surface area contributed by atoms with Crippen molar-refractivity contribution in [1.82, 2.24) is 0 Å². The molecule has 1 saturated carbocycles. The smallest absolute Gasteiger partial charge is 0.302 e. The molecule has 2 atom stereocenters. The lowest BCUT2D eigenvalue weighted by Gasteiger charge is -2.32. The molecule has 0 bridgehead atoms. The summed E-state index contributed by atoms with van der Waals surface area (Å²) in [4.78, 5) is 24.6. The quantitative estimate of drug-likeness (QED) is 0.481. The molecule has 0 radical (unpaired) electrons. The van der Waals surface area contributed by atoms with E-state index in [9.17, 15) is 9.59 Å². The van der Waals surface area contributed by atoms with Crippen LogP contribution in [0.2, 0.25) is 0 Å². The Balaban J connectivity index is 2.10. The van der Waals surface area contributed by atoms with Crippen LogP contribution in [0.15, 0.2) is 8.48 Å². The van der Waals surface area contributed by atoms with Crippen LogP contribution < -0.4 is 0 Å². The second-order valence-electron chi connectivity index (χ2n) is 5.84. The molecule has 0 spiro atoms. The highest BCUT2D eigenvalue weighted by molar-refractivity contribution is 14.1. The first kappa shape index (κ1) is 17.3. The maximum absolute atomic E-state index is 12.7. The number of Topliss-reactive ketones (excluding diaryl/α,β-unsaturated/α-hetero) is 1. The maximum Gasteiger partial charge on any atom is 0.302 e. The van der Waals surface area contributed by atoms with Crippen molar-refractivity contribution < 1.29 is 14.3 Å². The third kappa shape index (κ3) is 4.98. The van der Waals surface area contributed by atoms with Crippen LogP contribution in [0.3, 0.4) is 0 Å². The average Bonchev–Trinajstić information content (AvgIpc) is 2.46. The number of thioether (sulfide) groups is 1. The molecule has 0 saturated heterocycles. The molecule has 0 amide bonds. The molecule has 1 heterocycles. The largest absolute Gasteiger partial charge is 0.460 e. The number of halogens is 1. The highest BCUT2D eigenvalue weighted by Crippen LogP contribution is 2.44. The lowest BCUT2D eigenvalue weighted by Crippen LogP contribution is -2.31. The van der Waals surface area contributed by atoms with Gasteiger partial charge in [-0.25, -0.2) is 0 Å². The summed E-state index contributed by atoms with van der Waals surface area (Å²) in [7, 11) is 0. The Bertz CT molecular complexity index is 433. The fourth-order valence-corrected chi connectivity index (χ4v) is 5.39. The highest BCUT2D eigenvalue weighted by Gasteiger charge is 2.36. The lowest BCUT2D eigenvalue weighted by molar-refractivity contribution is -0.139. The van der Waals surface area contributed by atoms with Gasteiger partial charge in [-0.2, -0.15) is 0 Å². The molecular formula is C16H23IO3S. The summed E-state index contributed by atoms with van der Waals surface area (Å²) >= 11 is 3.92. The summed E-state index contributed by atoms with van der Waals surface area (Å²) in [6.07, 6.45) is 9.65. The van der Waals surface area contributed by atoms with Crippen LogP contribution in [0, 0.1) is 5.92 Å². The molecule has 1 aliphatic carbocycles. The van der Waals surface area contributed by atoms with Gasteiger partial charge in [0.2, 0.25) is 0 Å². The van der Waals surface area contributed by atoms with E-state index in [4.69, 9.17) is 4.74 Å². The van der Waals surface area contributed by atoms with Crippen molar-refractivity contribution in [1.29, 1.82) is 0 Å². The number of rotatable bonds is 2. The fourth-order valence-electron chi connectivity index (χ4n) is 3.04.